The lowest BCUT2D eigenvalue weighted by Crippen LogP contribution is -2.57. The van der Waals surface area contributed by atoms with E-state index in [1.807, 2.05) is 20.8 Å². The van der Waals surface area contributed by atoms with Crippen molar-refractivity contribution in [3.8, 4) is 0 Å². The van der Waals surface area contributed by atoms with E-state index in [1.54, 1.807) is 7.11 Å². The molecule has 2 rings (SSSR count). The molecule has 0 fully saturated rings. The molecule has 27 heavy (non-hydrogen) atoms. The number of Topliss-reactive ketones (excluding diaryl/α,β-unsaturated/α-hetero) is 2. The largest absolute Gasteiger partial charge is 0.500 e. The van der Waals surface area contributed by atoms with E-state index in [2.05, 4.69) is 39.8 Å². The quantitative estimate of drug-likeness (QED) is 0.452. The van der Waals surface area contributed by atoms with Crippen LogP contribution in [0.3, 0.4) is 0 Å². The lowest BCUT2D eigenvalue weighted by molar-refractivity contribution is -0.153. The Morgan fingerprint density at radius 1 is 1.30 bits per heavy atom. The number of ketones is 2. The van der Waals surface area contributed by atoms with E-state index in [-0.39, 0.29) is 23.4 Å². The third kappa shape index (κ3) is 3.58. The van der Waals surface area contributed by atoms with Crippen LogP contribution in [0.5, 0.6) is 0 Å². The molecule has 0 aromatic heterocycles. The van der Waals surface area contributed by atoms with E-state index < -0.39 is 10.8 Å². The Labute approximate surface area is 164 Å². The summed E-state index contributed by atoms with van der Waals surface area (Å²) in [6.07, 6.45) is 7.81. The number of carbonyl (C=O) groups excluding carboxylic acids is 2. The Bertz CT molecular complexity index is 714. The van der Waals surface area contributed by atoms with Gasteiger partial charge < -0.3 is 4.74 Å². The minimum Gasteiger partial charge on any atom is -0.500 e. The lowest BCUT2D eigenvalue weighted by Gasteiger charge is -2.50. The maximum atomic E-state index is 13.7. The lowest BCUT2D eigenvalue weighted by atomic mass is 9.51. The second-order valence-corrected chi connectivity index (χ2v) is 9.35. The van der Waals surface area contributed by atoms with Gasteiger partial charge >= 0.3 is 0 Å². The summed E-state index contributed by atoms with van der Waals surface area (Å²) in [5, 5.41) is 0. The highest BCUT2D eigenvalue weighted by Crippen LogP contribution is 2.55. The number of carbonyl (C=O) groups is 2. The van der Waals surface area contributed by atoms with Gasteiger partial charge in [0, 0.05) is 5.57 Å². The van der Waals surface area contributed by atoms with Gasteiger partial charge in [-0.3, -0.25) is 9.59 Å². The topological polar surface area (TPSA) is 43.4 Å². The molecule has 2 aliphatic carbocycles. The maximum absolute atomic E-state index is 13.7. The molecule has 0 aromatic rings. The predicted octanol–water partition coefficient (Wildman–Crippen LogP) is 5.81. The monoisotopic (exact) mass is 372 g/mol. The summed E-state index contributed by atoms with van der Waals surface area (Å²) in [4.78, 5) is 27.2. The highest BCUT2D eigenvalue weighted by Gasteiger charge is 2.61. The summed E-state index contributed by atoms with van der Waals surface area (Å²) >= 11 is 0. The van der Waals surface area contributed by atoms with Crippen molar-refractivity contribution in [2.45, 2.75) is 74.1 Å². The minimum atomic E-state index is -0.941. The SMILES string of the molecule is COC1=C(C)C(=O)C2(CC=C(CCC=C(C)C)CC2C(C)C)C(=O)C1(C)C. The molecule has 0 radical (unpaired) electrons. The van der Waals surface area contributed by atoms with Gasteiger partial charge in [0.05, 0.1) is 17.9 Å². The van der Waals surface area contributed by atoms with Crippen molar-refractivity contribution in [3.05, 3.63) is 34.6 Å². The molecular formula is C24H36O3. The molecule has 0 N–H and O–H groups in total. The molecule has 2 aliphatic rings. The molecule has 2 unspecified atom stereocenters. The van der Waals surface area contributed by atoms with E-state index in [9.17, 15) is 9.59 Å². The van der Waals surface area contributed by atoms with Crippen LogP contribution in [0.1, 0.15) is 74.1 Å². The Kier molecular flexibility index (Phi) is 6.23. The van der Waals surface area contributed by atoms with E-state index >= 15 is 0 Å². The van der Waals surface area contributed by atoms with Gasteiger partial charge in [0.15, 0.2) is 11.6 Å². The molecule has 0 saturated carbocycles. The molecule has 3 heteroatoms. The zero-order valence-electron chi connectivity index (χ0n) is 18.4. The van der Waals surface area contributed by atoms with Crippen molar-refractivity contribution in [2.24, 2.45) is 22.7 Å². The molecule has 0 aromatic carbocycles. The van der Waals surface area contributed by atoms with Gasteiger partial charge in [-0.2, -0.15) is 0 Å². The smallest absolute Gasteiger partial charge is 0.176 e. The van der Waals surface area contributed by atoms with Crippen LogP contribution < -0.4 is 0 Å². The third-order valence-electron chi connectivity index (χ3n) is 6.48. The zero-order valence-corrected chi connectivity index (χ0v) is 18.4. The van der Waals surface area contributed by atoms with Crippen LogP contribution in [0, 0.1) is 22.7 Å². The first-order valence-corrected chi connectivity index (χ1v) is 10.2. The summed E-state index contributed by atoms with van der Waals surface area (Å²) in [7, 11) is 1.56. The summed E-state index contributed by atoms with van der Waals surface area (Å²) in [5.41, 5.74) is 1.62. The second kappa shape index (κ2) is 7.77. The van der Waals surface area contributed by atoms with E-state index in [0.29, 0.717) is 17.8 Å². The van der Waals surface area contributed by atoms with Crippen LogP contribution in [0.15, 0.2) is 34.6 Å². The molecule has 1 spiro atoms. The summed E-state index contributed by atoms with van der Waals surface area (Å²) < 4.78 is 5.50. The highest BCUT2D eigenvalue weighted by molar-refractivity contribution is 6.19. The van der Waals surface area contributed by atoms with Gasteiger partial charge in [-0.15, -0.1) is 0 Å². The second-order valence-electron chi connectivity index (χ2n) is 9.35. The van der Waals surface area contributed by atoms with Gasteiger partial charge in [0.2, 0.25) is 0 Å². The van der Waals surface area contributed by atoms with Crippen LogP contribution >= 0.6 is 0 Å². The number of hydrogen-bond donors (Lipinski definition) is 0. The normalized spacial score (nSPS) is 27.9. The first-order valence-electron chi connectivity index (χ1n) is 10.2. The average Bonchev–Trinajstić information content (AvgIpc) is 2.59. The molecule has 0 saturated heterocycles. The molecule has 2 atom stereocenters. The number of ether oxygens (including phenoxy) is 1. The number of hydrogen-bond acceptors (Lipinski definition) is 3. The molecular weight excluding hydrogens is 336 g/mol. The summed E-state index contributed by atoms with van der Waals surface area (Å²) in [6, 6.07) is 0. The maximum Gasteiger partial charge on any atom is 0.176 e. The fraction of sp³-hybridized carbons (Fsp3) is 0.667. The first kappa shape index (κ1) is 21.7. The standard InChI is InChI=1S/C24H36O3/c1-15(2)10-9-11-18-12-13-24(19(14-18)16(3)4)20(25)17(5)21(27-8)23(6,7)22(24)26/h10,12,16,19H,9,11,13-14H2,1-8H3. The van der Waals surface area contributed by atoms with Crippen LogP contribution in [0.4, 0.5) is 0 Å². The van der Waals surface area contributed by atoms with Gasteiger partial charge in [0.1, 0.15) is 5.76 Å². The Morgan fingerprint density at radius 3 is 2.44 bits per heavy atom. The molecule has 3 nitrogen and oxygen atoms in total. The molecule has 0 heterocycles. The van der Waals surface area contributed by atoms with Crippen LogP contribution in [0.25, 0.3) is 0 Å². The molecule has 0 aliphatic heterocycles. The van der Waals surface area contributed by atoms with Crippen LogP contribution in [0.2, 0.25) is 0 Å². The van der Waals surface area contributed by atoms with Gasteiger partial charge in [-0.25, -0.2) is 0 Å². The first-order chi connectivity index (χ1) is 12.5. The van der Waals surface area contributed by atoms with E-state index in [0.717, 1.165) is 19.3 Å². The van der Waals surface area contributed by atoms with Crippen molar-refractivity contribution in [3.63, 3.8) is 0 Å². The zero-order chi connectivity index (χ0) is 20.6. The van der Waals surface area contributed by atoms with Crippen molar-refractivity contribution in [2.75, 3.05) is 7.11 Å². The summed E-state index contributed by atoms with van der Waals surface area (Å²) in [6.45, 7) is 14.1. The Hall–Kier alpha value is -1.64. The van der Waals surface area contributed by atoms with Crippen LogP contribution in [-0.4, -0.2) is 18.7 Å². The third-order valence-corrected chi connectivity index (χ3v) is 6.48. The number of allylic oxidation sites excluding steroid dienone is 6. The fourth-order valence-corrected chi connectivity index (χ4v) is 5.15. The van der Waals surface area contributed by atoms with Crippen molar-refractivity contribution in [1.82, 2.24) is 0 Å². The molecule has 0 bridgehead atoms. The highest BCUT2D eigenvalue weighted by atomic mass is 16.5. The Balaban J connectivity index is 2.49. The Morgan fingerprint density at radius 2 is 1.93 bits per heavy atom. The van der Waals surface area contributed by atoms with E-state index in [1.165, 1.54) is 11.1 Å². The summed E-state index contributed by atoms with van der Waals surface area (Å²) in [5.74, 6) is 0.835. The van der Waals surface area contributed by atoms with Crippen molar-refractivity contribution in [1.29, 1.82) is 0 Å². The van der Waals surface area contributed by atoms with Gasteiger partial charge in [-0.1, -0.05) is 37.1 Å². The van der Waals surface area contributed by atoms with Crippen LogP contribution in [-0.2, 0) is 14.3 Å². The molecule has 0 amide bonds. The van der Waals surface area contributed by atoms with Crippen molar-refractivity contribution >= 4 is 11.6 Å². The number of methoxy groups -OCH3 is 1. The predicted molar refractivity (Wildman–Crippen MR) is 110 cm³/mol. The van der Waals surface area contributed by atoms with E-state index in [4.69, 9.17) is 4.74 Å². The molecule has 150 valence electrons. The minimum absolute atomic E-state index is 0.0260. The average molecular weight is 373 g/mol. The van der Waals surface area contributed by atoms with Gasteiger partial charge in [0.25, 0.3) is 0 Å². The number of rotatable bonds is 5. The van der Waals surface area contributed by atoms with Crippen molar-refractivity contribution < 1.29 is 14.3 Å². The van der Waals surface area contributed by atoms with Gasteiger partial charge in [-0.05, 0) is 72.1 Å². The fourth-order valence-electron chi connectivity index (χ4n) is 5.15.